The first-order valence-corrected chi connectivity index (χ1v) is 14.0. The molecule has 0 bridgehead atoms. The number of aliphatic hydroxyl groups excluding tert-OH is 1. The molecule has 1 aliphatic rings. The summed E-state index contributed by atoms with van der Waals surface area (Å²) < 4.78 is 18.9. The van der Waals surface area contributed by atoms with Gasteiger partial charge in [0.15, 0.2) is 14.6 Å². The van der Waals surface area contributed by atoms with Crippen molar-refractivity contribution in [2.45, 2.75) is 90.8 Å². The Morgan fingerprint density at radius 1 is 1.21 bits per heavy atom. The highest BCUT2D eigenvalue weighted by Crippen LogP contribution is 2.41. The fourth-order valence-corrected chi connectivity index (χ4v) is 5.11. The smallest absolute Gasteiger partial charge is 0.192 e. The van der Waals surface area contributed by atoms with E-state index >= 15 is 0 Å². The predicted octanol–water partition coefficient (Wildman–Crippen LogP) is 5.50. The van der Waals surface area contributed by atoms with Crippen LogP contribution in [0.2, 0.25) is 18.1 Å². The zero-order valence-corrected chi connectivity index (χ0v) is 20.6. The Morgan fingerprint density at radius 3 is 2.34 bits per heavy atom. The van der Waals surface area contributed by atoms with Gasteiger partial charge in [0, 0.05) is 24.0 Å². The standard InChI is InChI=1S/C21H43N3O4Si/c1-16(15-25)14-17(2)19(28-29(6,7)21(3,4)5)18(20-26-12-13-27-20)10-8-9-11-23-24-22/h16-20,25H,8-15H2,1-7H3/t16-,17+,18?,19-/m1/s1. The van der Waals surface area contributed by atoms with Crippen molar-refractivity contribution in [2.75, 3.05) is 26.4 Å². The van der Waals surface area contributed by atoms with E-state index in [1.807, 2.05) is 0 Å². The van der Waals surface area contributed by atoms with Gasteiger partial charge in [-0.05, 0) is 54.8 Å². The molecule has 0 aromatic rings. The van der Waals surface area contributed by atoms with E-state index in [0.29, 0.717) is 19.8 Å². The quantitative estimate of drug-likeness (QED) is 0.137. The minimum absolute atomic E-state index is 0.00691. The molecule has 0 aliphatic carbocycles. The maximum absolute atomic E-state index is 9.58. The first kappa shape index (κ1) is 26.4. The normalized spacial score (nSPS) is 20.1. The Balaban J connectivity index is 3.06. The molecule has 0 amide bonds. The maximum Gasteiger partial charge on any atom is 0.192 e. The van der Waals surface area contributed by atoms with Crippen molar-refractivity contribution in [3.8, 4) is 0 Å². The highest BCUT2D eigenvalue weighted by Gasteiger charge is 2.44. The predicted molar refractivity (Wildman–Crippen MR) is 119 cm³/mol. The lowest BCUT2D eigenvalue weighted by Gasteiger charge is -2.44. The molecule has 1 N–H and O–H groups in total. The van der Waals surface area contributed by atoms with Gasteiger partial charge in [-0.15, -0.1) is 0 Å². The largest absolute Gasteiger partial charge is 0.413 e. The summed E-state index contributed by atoms with van der Waals surface area (Å²) in [7, 11) is -2.01. The molecule has 0 saturated carbocycles. The summed E-state index contributed by atoms with van der Waals surface area (Å²) in [6.45, 7) is 17.6. The highest BCUT2D eigenvalue weighted by molar-refractivity contribution is 6.74. The minimum Gasteiger partial charge on any atom is -0.413 e. The third kappa shape index (κ3) is 8.56. The molecule has 1 rings (SSSR count). The molecular weight excluding hydrogens is 386 g/mol. The number of rotatable bonds is 13. The molecule has 170 valence electrons. The average Bonchev–Trinajstić information content (AvgIpc) is 3.16. The molecular formula is C21H43N3O4Si. The van der Waals surface area contributed by atoms with Crippen LogP contribution in [0.3, 0.4) is 0 Å². The van der Waals surface area contributed by atoms with Crippen molar-refractivity contribution in [3.05, 3.63) is 10.4 Å². The fourth-order valence-electron chi connectivity index (χ4n) is 3.67. The number of nitrogens with zero attached hydrogens (tertiary/aromatic N) is 3. The lowest BCUT2D eigenvalue weighted by Crippen LogP contribution is -2.50. The molecule has 0 aromatic heterocycles. The monoisotopic (exact) mass is 429 g/mol. The lowest BCUT2D eigenvalue weighted by atomic mass is 9.83. The lowest BCUT2D eigenvalue weighted by molar-refractivity contribution is -0.127. The Bertz CT molecular complexity index is 515. The van der Waals surface area contributed by atoms with E-state index in [0.717, 1.165) is 25.7 Å². The summed E-state index contributed by atoms with van der Waals surface area (Å²) in [5, 5.41) is 13.3. The number of hydrogen-bond acceptors (Lipinski definition) is 5. The molecule has 0 spiro atoms. The van der Waals surface area contributed by atoms with Crippen LogP contribution in [0.25, 0.3) is 10.4 Å². The topological polar surface area (TPSA) is 96.7 Å². The van der Waals surface area contributed by atoms with Crippen LogP contribution in [0.15, 0.2) is 5.11 Å². The molecule has 0 aromatic carbocycles. The van der Waals surface area contributed by atoms with Crippen LogP contribution in [-0.2, 0) is 13.9 Å². The van der Waals surface area contributed by atoms with Gasteiger partial charge in [0.25, 0.3) is 0 Å². The van der Waals surface area contributed by atoms with Crippen LogP contribution in [0.5, 0.6) is 0 Å². The summed E-state index contributed by atoms with van der Waals surface area (Å²) >= 11 is 0. The molecule has 1 unspecified atom stereocenters. The van der Waals surface area contributed by atoms with E-state index in [2.05, 4.69) is 57.7 Å². The van der Waals surface area contributed by atoms with E-state index < -0.39 is 8.32 Å². The number of hydrogen-bond donors (Lipinski definition) is 1. The summed E-state index contributed by atoms with van der Waals surface area (Å²) in [6, 6.07) is 0. The van der Waals surface area contributed by atoms with Crippen LogP contribution in [-0.4, -0.2) is 52.2 Å². The van der Waals surface area contributed by atoms with E-state index in [-0.39, 0.29) is 41.8 Å². The first-order chi connectivity index (χ1) is 13.5. The molecule has 29 heavy (non-hydrogen) atoms. The fraction of sp³-hybridized carbons (Fsp3) is 1.00. The van der Waals surface area contributed by atoms with Crippen LogP contribution in [0, 0.1) is 17.8 Å². The summed E-state index contributed by atoms with van der Waals surface area (Å²) in [5.41, 5.74) is 8.50. The van der Waals surface area contributed by atoms with Gasteiger partial charge < -0.3 is 19.0 Å². The number of unbranched alkanes of at least 4 members (excludes halogenated alkanes) is 1. The van der Waals surface area contributed by atoms with Gasteiger partial charge in [0.2, 0.25) is 0 Å². The van der Waals surface area contributed by atoms with Crippen molar-refractivity contribution in [1.82, 2.24) is 0 Å². The van der Waals surface area contributed by atoms with Gasteiger partial charge in [-0.1, -0.05) is 46.2 Å². The molecule has 1 aliphatic heterocycles. The van der Waals surface area contributed by atoms with Crippen molar-refractivity contribution >= 4 is 8.32 Å². The van der Waals surface area contributed by atoms with E-state index in [1.165, 1.54) is 0 Å². The maximum atomic E-state index is 9.58. The zero-order valence-electron chi connectivity index (χ0n) is 19.6. The van der Waals surface area contributed by atoms with E-state index in [4.69, 9.17) is 19.4 Å². The van der Waals surface area contributed by atoms with Crippen LogP contribution >= 0.6 is 0 Å². The molecule has 1 fully saturated rings. The van der Waals surface area contributed by atoms with Crippen LogP contribution < -0.4 is 0 Å². The minimum atomic E-state index is -2.01. The Morgan fingerprint density at radius 2 is 1.83 bits per heavy atom. The number of ether oxygens (including phenoxy) is 2. The first-order valence-electron chi connectivity index (χ1n) is 11.1. The second-order valence-electron chi connectivity index (χ2n) is 10.1. The third-order valence-electron chi connectivity index (χ3n) is 6.41. The second-order valence-corrected chi connectivity index (χ2v) is 14.8. The zero-order chi connectivity index (χ0) is 22.1. The van der Waals surface area contributed by atoms with Gasteiger partial charge in [-0.3, -0.25) is 0 Å². The summed E-state index contributed by atoms with van der Waals surface area (Å²) in [4.78, 5) is 2.84. The second kappa shape index (κ2) is 12.3. The van der Waals surface area contributed by atoms with Gasteiger partial charge in [0.1, 0.15) is 0 Å². The van der Waals surface area contributed by atoms with Gasteiger partial charge in [-0.2, -0.15) is 0 Å². The van der Waals surface area contributed by atoms with Gasteiger partial charge >= 0.3 is 0 Å². The van der Waals surface area contributed by atoms with Crippen molar-refractivity contribution < 1.29 is 19.0 Å². The van der Waals surface area contributed by atoms with Crippen molar-refractivity contribution in [1.29, 1.82) is 0 Å². The van der Waals surface area contributed by atoms with Crippen molar-refractivity contribution in [2.24, 2.45) is 22.9 Å². The molecule has 8 heteroatoms. The molecule has 1 heterocycles. The molecule has 1 saturated heterocycles. The SMILES string of the molecule is C[C@@H](CO)C[C@H](C)[C@@H](O[Si](C)(C)C(C)(C)C)C(CCCCN=[N+]=[N-])C1OCCO1. The van der Waals surface area contributed by atoms with Crippen LogP contribution in [0.4, 0.5) is 0 Å². The summed E-state index contributed by atoms with van der Waals surface area (Å²) in [5.74, 6) is 0.631. The average molecular weight is 430 g/mol. The van der Waals surface area contributed by atoms with E-state index in [1.54, 1.807) is 0 Å². The number of azide groups is 1. The Kier molecular flexibility index (Phi) is 11.2. The Hall–Kier alpha value is -0.633. The van der Waals surface area contributed by atoms with Crippen LogP contribution in [0.1, 0.15) is 60.3 Å². The van der Waals surface area contributed by atoms with E-state index in [9.17, 15) is 5.11 Å². The van der Waals surface area contributed by atoms with Gasteiger partial charge in [-0.25, -0.2) is 0 Å². The highest BCUT2D eigenvalue weighted by atomic mass is 28.4. The molecule has 4 atom stereocenters. The molecule has 0 radical (unpaired) electrons. The Labute approximate surface area is 178 Å². The van der Waals surface area contributed by atoms with Crippen molar-refractivity contribution in [3.63, 3.8) is 0 Å². The summed E-state index contributed by atoms with van der Waals surface area (Å²) in [6.07, 6.45) is 3.35. The molecule has 7 nitrogen and oxygen atoms in total. The third-order valence-corrected chi connectivity index (χ3v) is 10.9. The van der Waals surface area contributed by atoms with Gasteiger partial charge in [0.05, 0.1) is 19.3 Å². The number of aliphatic hydroxyl groups is 1.